The third-order valence-corrected chi connectivity index (χ3v) is 6.33. The van der Waals surface area contributed by atoms with Crippen molar-refractivity contribution in [2.75, 3.05) is 45.2 Å². The van der Waals surface area contributed by atoms with Gasteiger partial charge in [-0.15, -0.1) is 5.10 Å². The molecule has 0 atom stereocenters. The molecule has 32 heavy (non-hydrogen) atoms. The number of carbonyl (C=O) groups is 1. The fraction of sp³-hybridized carbons (Fsp3) is 0.480. The highest BCUT2D eigenvalue weighted by molar-refractivity contribution is 5.94. The van der Waals surface area contributed by atoms with Crippen LogP contribution in [0.5, 0.6) is 0 Å². The molecule has 4 rings (SSSR count). The average Bonchev–Trinajstić information content (AvgIpc) is 3.24. The number of aromatic amines is 1. The lowest BCUT2D eigenvalue weighted by molar-refractivity contribution is -0.125. The normalized spacial score (nSPS) is 15.0. The number of carbonyl (C=O) groups excluding carboxylic acids is 1. The van der Waals surface area contributed by atoms with Crippen LogP contribution in [0.4, 0.5) is 5.82 Å². The standard InChI is InChI=1S/C25H34N6O/c1-17-6-8-19(9-7-17)22-16-21-18(2)28-29-24(23(21)27-22)31-14-10-20(11-15-31)25(32)26-12-5-13-30(3)4/h6-9,16,20,27H,5,10-15H2,1-4H3,(H,26,32). The van der Waals surface area contributed by atoms with Gasteiger partial charge in [0.2, 0.25) is 5.91 Å². The lowest BCUT2D eigenvalue weighted by Crippen LogP contribution is -2.41. The zero-order valence-corrected chi connectivity index (χ0v) is 19.6. The van der Waals surface area contributed by atoms with E-state index in [0.717, 1.165) is 79.1 Å². The van der Waals surface area contributed by atoms with Crippen molar-refractivity contribution in [3.8, 4) is 11.3 Å². The summed E-state index contributed by atoms with van der Waals surface area (Å²) >= 11 is 0. The molecule has 0 saturated carbocycles. The predicted octanol–water partition coefficient (Wildman–Crippen LogP) is 3.53. The van der Waals surface area contributed by atoms with E-state index in [9.17, 15) is 4.79 Å². The Morgan fingerprint density at radius 1 is 1.16 bits per heavy atom. The van der Waals surface area contributed by atoms with Crippen molar-refractivity contribution >= 4 is 22.6 Å². The maximum Gasteiger partial charge on any atom is 0.223 e. The number of amides is 1. The summed E-state index contributed by atoms with van der Waals surface area (Å²) in [7, 11) is 4.10. The predicted molar refractivity (Wildman–Crippen MR) is 130 cm³/mol. The monoisotopic (exact) mass is 434 g/mol. The molecule has 0 radical (unpaired) electrons. The van der Waals surface area contributed by atoms with Gasteiger partial charge in [-0.05, 0) is 65.4 Å². The second kappa shape index (κ2) is 9.69. The van der Waals surface area contributed by atoms with Crippen LogP contribution in [0.15, 0.2) is 30.3 Å². The number of rotatable bonds is 7. The van der Waals surface area contributed by atoms with Gasteiger partial charge >= 0.3 is 0 Å². The van der Waals surface area contributed by atoms with Gasteiger partial charge in [-0.1, -0.05) is 29.8 Å². The van der Waals surface area contributed by atoms with Crippen molar-refractivity contribution in [3.05, 3.63) is 41.6 Å². The SMILES string of the molecule is Cc1ccc(-c2cc3c(C)nnc(N4CCC(C(=O)NCCCN(C)C)CC4)c3[nH]2)cc1. The van der Waals surface area contributed by atoms with E-state index in [1.807, 2.05) is 6.92 Å². The van der Waals surface area contributed by atoms with E-state index in [4.69, 9.17) is 0 Å². The molecule has 1 aliphatic heterocycles. The topological polar surface area (TPSA) is 77.2 Å². The third kappa shape index (κ3) is 4.93. The molecule has 1 saturated heterocycles. The van der Waals surface area contributed by atoms with E-state index < -0.39 is 0 Å². The number of nitrogens with one attached hydrogen (secondary N) is 2. The van der Waals surface area contributed by atoms with Crippen molar-refractivity contribution in [1.29, 1.82) is 0 Å². The number of benzene rings is 1. The Morgan fingerprint density at radius 2 is 1.88 bits per heavy atom. The molecule has 1 fully saturated rings. The molecule has 7 nitrogen and oxygen atoms in total. The summed E-state index contributed by atoms with van der Waals surface area (Å²) in [5, 5.41) is 13.2. The molecule has 170 valence electrons. The smallest absolute Gasteiger partial charge is 0.223 e. The van der Waals surface area contributed by atoms with Crippen molar-refractivity contribution in [2.24, 2.45) is 5.92 Å². The minimum absolute atomic E-state index is 0.0752. The Kier molecular flexibility index (Phi) is 6.74. The molecule has 0 bridgehead atoms. The van der Waals surface area contributed by atoms with Gasteiger partial charge in [0.25, 0.3) is 0 Å². The van der Waals surface area contributed by atoms with Crippen molar-refractivity contribution in [1.82, 2.24) is 25.4 Å². The Labute approximate surface area is 190 Å². The first-order chi connectivity index (χ1) is 15.4. The molecule has 0 unspecified atom stereocenters. The lowest BCUT2D eigenvalue weighted by Gasteiger charge is -2.32. The summed E-state index contributed by atoms with van der Waals surface area (Å²) in [5.74, 6) is 1.14. The Bertz CT molecular complexity index is 1060. The fourth-order valence-corrected chi connectivity index (χ4v) is 4.36. The second-order valence-corrected chi connectivity index (χ2v) is 9.16. The number of H-pyrrole nitrogens is 1. The second-order valence-electron chi connectivity index (χ2n) is 9.16. The van der Waals surface area contributed by atoms with Gasteiger partial charge in [-0.25, -0.2) is 0 Å². The zero-order valence-electron chi connectivity index (χ0n) is 19.6. The van der Waals surface area contributed by atoms with E-state index in [2.05, 4.69) is 81.6 Å². The van der Waals surface area contributed by atoms with Gasteiger partial charge in [-0.3, -0.25) is 4.79 Å². The van der Waals surface area contributed by atoms with Gasteiger partial charge in [-0.2, -0.15) is 5.10 Å². The van der Waals surface area contributed by atoms with Crippen LogP contribution in [0.25, 0.3) is 22.2 Å². The number of hydrogen-bond acceptors (Lipinski definition) is 5. The van der Waals surface area contributed by atoms with Gasteiger partial charge < -0.3 is 20.1 Å². The van der Waals surface area contributed by atoms with Crippen LogP contribution in [0.1, 0.15) is 30.5 Å². The van der Waals surface area contributed by atoms with E-state index >= 15 is 0 Å². The number of aromatic nitrogens is 3. The number of piperidine rings is 1. The first-order valence-electron chi connectivity index (χ1n) is 11.5. The average molecular weight is 435 g/mol. The van der Waals surface area contributed by atoms with Crippen molar-refractivity contribution < 1.29 is 4.79 Å². The fourth-order valence-electron chi connectivity index (χ4n) is 4.36. The number of hydrogen-bond donors (Lipinski definition) is 2. The van der Waals surface area contributed by atoms with E-state index in [-0.39, 0.29) is 11.8 Å². The Hall–Kier alpha value is -2.93. The highest BCUT2D eigenvalue weighted by Gasteiger charge is 2.27. The number of anilines is 1. The highest BCUT2D eigenvalue weighted by Crippen LogP contribution is 2.32. The van der Waals surface area contributed by atoms with Crippen LogP contribution in [-0.2, 0) is 4.79 Å². The third-order valence-electron chi connectivity index (χ3n) is 6.33. The van der Waals surface area contributed by atoms with Crippen LogP contribution in [0.3, 0.4) is 0 Å². The zero-order chi connectivity index (χ0) is 22.7. The first-order valence-corrected chi connectivity index (χ1v) is 11.5. The van der Waals surface area contributed by atoms with E-state index in [1.165, 1.54) is 5.56 Å². The van der Waals surface area contributed by atoms with Gasteiger partial charge in [0.15, 0.2) is 5.82 Å². The number of fused-ring (bicyclic) bond motifs is 1. The van der Waals surface area contributed by atoms with Crippen molar-refractivity contribution in [3.63, 3.8) is 0 Å². The highest BCUT2D eigenvalue weighted by atomic mass is 16.1. The molecule has 7 heteroatoms. The molecule has 1 amide bonds. The summed E-state index contributed by atoms with van der Waals surface area (Å²) < 4.78 is 0. The van der Waals surface area contributed by atoms with Crippen LogP contribution < -0.4 is 10.2 Å². The molecule has 1 aromatic carbocycles. The van der Waals surface area contributed by atoms with E-state index in [0.29, 0.717) is 0 Å². The first kappa shape index (κ1) is 22.3. The van der Waals surface area contributed by atoms with E-state index in [1.54, 1.807) is 0 Å². The molecular weight excluding hydrogens is 400 g/mol. The summed E-state index contributed by atoms with van der Waals surface area (Å²) in [6.07, 6.45) is 2.65. The molecule has 1 aliphatic rings. The molecule has 0 spiro atoms. The van der Waals surface area contributed by atoms with Gasteiger partial charge in [0.05, 0.1) is 11.2 Å². The van der Waals surface area contributed by atoms with Crippen LogP contribution >= 0.6 is 0 Å². The maximum absolute atomic E-state index is 12.5. The molecule has 3 aromatic rings. The quantitative estimate of drug-likeness (QED) is 0.557. The molecule has 3 heterocycles. The summed E-state index contributed by atoms with van der Waals surface area (Å²) in [6.45, 7) is 7.44. The molecule has 2 N–H and O–H groups in total. The molecule has 0 aliphatic carbocycles. The summed E-state index contributed by atoms with van der Waals surface area (Å²) in [6, 6.07) is 10.7. The Balaban J connectivity index is 1.45. The molecular formula is C25H34N6O. The summed E-state index contributed by atoms with van der Waals surface area (Å²) in [5.41, 5.74) is 5.42. The van der Waals surface area contributed by atoms with Crippen LogP contribution in [0.2, 0.25) is 0 Å². The summed E-state index contributed by atoms with van der Waals surface area (Å²) in [4.78, 5) is 20.5. The minimum atomic E-state index is 0.0752. The number of aryl methyl sites for hydroxylation is 2. The van der Waals surface area contributed by atoms with Crippen LogP contribution in [0, 0.1) is 19.8 Å². The maximum atomic E-state index is 12.5. The lowest BCUT2D eigenvalue weighted by atomic mass is 9.96. The van der Waals surface area contributed by atoms with Gasteiger partial charge in [0, 0.05) is 36.6 Å². The minimum Gasteiger partial charge on any atom is -0.356 e. The Morgan fingerprint density at radius 3 is 2.56 bits per heavy atom. The van der Waals surface area contributed by atoms with Gasteiger partial charge in [0.1, 0.15) is 0 Å². The largest absolute Gasteiger partial charge is 0.356 e. The number of nitrogens with zero attached hydrogens (tertiary/aromatic N) is 4. The van der Waals surface area contributed by atoms with Crippen LogP contribution in [-0.4, -0.2) is 66.3 Å². The van der Waals surface area contributed by atoms with Crippen molar-refractivity contribution in [2.45, 2.75) is 33.1 Å². The molecule has 2 aromatic heterocycles.